The van der Waals surface area contributed by atoms with E-state index in [1.807, 2.05) is 24.3 Å². The first-order valence-electron chi connectivity index (χ1n) is 5.24. The highest BCUT2D eigenvalue weighted by Crippen LogP contribution is 2.45. The van der Waals surface area contributed by atoms with Crippen LogP contribution in [0, 0.1) is 0 Å². The zero-order valence-electron chi connectivity index (χ0n) is 9.13. The molecule has 86 valence electrons. The highest BCUT2D eigenvalue weighted by Gasteiger charge is 2.44. The molecule has 0 unspecified atom stereocenters. The maximum Gasteiger partial charge on any atom is 0.319 e. The summed E-state index contributed by atoms with van der Waals surface area (Å²) in [6.45, 7) is 0.249. The second-order valence-corrected chi connectivity index (χ2v) is 4.46. The van der Waals surface area contributed by atoms with E-state index in [2.05, 4.69) is 10.1 Å². The fourth-order valence-electron chi connectivity index (χ4n) is 1.77. The number of halogens is 1. The van der Waals surface area contributed by atoms with Gasteiger partial charge in [0.15, 0.2) is 0 Å². The lowest BCUT2D eigenvalue weighted by molar-refractivity contribution is -0.139. The Bertz CT molecular complexity index is 385. The number of esters is 1. The molecule has 1 aliphatic rings. The molecule has 0 aliphatic heterocycles. The summed E-state index contributed by atoms with van der Waals surface area (Å²) in [4.78, 5) is 11.1. The SMILES string of the molecule is COC(=O)CNC1(c2ccc(Cl)cc2)CC1. The van der Waals surface area contributed by atoms with Crippen molar-refractivity contribution in [1.29, 1.82) is 0 Å². The van der Waals surface area contributed by atoms with E-state index in [1.54, 1.807) is 0 Å². The minimum atomic E-state index is -0.236. The molecule has 0 heterocycles. The van der Waals surface area contributed by atoms with Gasteiger partial charge in [0, 0.05) is 10.6 Å². The smallest absolute Gasteiger partial charge is 0.319 e. The third-order valence-electron chi connectivity index (χ3n) is 2.95. The maximum atomic E-state index is 11.1. The zero-order chi connectivity index (χ0) is 11.6. The van der Waals surface area contributed by atoms with Gasteiger partial charge in [-0.15, -0.1) is 0 Å². The number of ether oxygens (including phenoxy) is 1. The van der Waals surface area contributed by atoms with Gasteiger partial charge in [-0.3, -0.25) is 10.1 Å². The summed E-state index contributed by atoms with van der Waals surface area (Å²) in [5, 5.41) is 3.97. The van der Waals surface area contributed by atoms with E-state index >= 15 is 0 Å². The highest BCUT2D eigenvalue weighted by atomic mass is 35.5. The van der Waals surface area contributed by atoms with E-state index in [4.69, 9.17) is 11.6 Å². The number of rotatable bonds is 4. The Morgan fingerprint density at radius 1 is 1.44 bits per heavy atom. The topological polar surface area (TPSA) is 38.3 Å². The standard InChI is InChI=1S/C12H14ClNO2/c1-16-11(15)8-14-12(6-7-12)9-2-4-10(13)5-3-9/h2-5,14H,6-8H2,1H3. The van der Waals surface area contributed by atoms with Gasteiger partial charge in [0.2, 0.25) is 0 Å². The predicted octanol–water partition coefficient (Wildman–Crippen LogP) is 2.09. The van der Waals surface area contributed by atoms with Crippen LogP contribution in [0.3, 0.4) is 0 Å². The normalized spacial score (nSPS) is 16.9. The van der Waals surface area contributed by atoms with Crippen molar-refractivity contribution in [3.63, 3.8) is 0 Å². The second-order valence-electron chi connectivity index (χ2n) is 4.02. The Hall–Kier alpha value is -1.06. The molecule has 0 aromatic heterocycles. The van der Waals surface area contributed by atoms with Crippen LogP contribution >= 0.6 is 11.6 Å². The lowest BCUT2D eigenvalue weighted by Crippen LogP contribution is -2.34. The van der Waals surface area contributed by atoms with Crippen molar-refractivity contribution in [1.82, 2.24) is 5.32 Å². The molecule has 0 bridgehead atoms. The molecule has 1 aliphatic carbocycles. The molecule has 1 saturated carbocycles. The van der Waals surface area contributed by atoms with Crippen LogP contribution < -0.4 is 5.32 Å². The monoisotopic (exact) mass is 239 g/mol. The summed E-state index contributed by atoms with van der Waals surface area (Å²) >= 11 is 5.84. The number of hydrogen-bond acceptors (Lipinski definition) is 3. The van der Waals surface area contributed by atoms with Crippen molar-refractivity contribution in [3.05, 3.63) is 34.9 Å². The Morgan fingerprint density at radius 3 is 2.56 bits per heavy atom. The van der Waals surface area contributed by atoms with Crippen LogP contribution in [0.25, 0.3) is 0 Å². The lowest BCUT2D eigenvalue weighted by Gasteiger charge is -2.17. The van der Waals surface area contributed by atoms with Gasteiger partial charge in [-0.25, -0.2) is 0 Å². The average Bonchev–Trinajstić information content (AvgIpc) is 3.08. The summed E-state index contributed by atoms with van der Waals surface area (Å²) in [6, 6.07) is 7.74. The molecule has 0 amide bonds. The largest absolute Gasteiger partial charge is 0.468 e. The van der Waals surface area contributed by atoms with Crippen LogP contribution in [0.2, 0.25) is 5.02 Å². The molecular weight excluding hydrogens is 226 g/mol. The first kappa shape index (κ1) is 11.4. The maximum absolute atomic E-state index is 11.1. The van der Waals surface area contributed by atoms with Crippen molar-refractivity contribution >= 4 is 17.6 Å². The van der Waals surface area contributed by atoms with Gasteiger partial charge < -0.3 is 4.74 Å². The summed E-state index contributed by atoms with van der Waals surface area (Å²) in [5.41, 5.74) is 1.14. The van der Waals surface area contributed by atoms with Gasteiger partial charge in [-0.1, -0.05) is 23.7 Å². The Labute approximate surface area is 99.7 Å². The minimum Gasteiger partial charge on any atom is -0.468 e. The van der Waals surface area contributed by atoms with Gasteiger partial charge in [0.05, 0.1) is 13.7 Å². The van der Waals surface area contributed by atoms with E-state index < -0.39 is 0 Å². The number of carbonyl (C=O) groups excluding carboxylic acids is 1. The molecule has 0 atom stereocenters. The first-order valence-corrected chi connectivity index (χ1v) is 5.62. The van der Waals surface area contributed by atoms with Gasteiger partial charge >= 0.3 is 5.97 Å². The molecule has 1 fully saturated rings. The van der Waals surface area contributed by atoms with E-state index in [0.29, 0.717) is 0 Å². The van der Waals surface area contributed by atoms with Crippen molar-refractivity contribution in [2.24, 2.45) is 0 Å². The molecule has 1 aromatic carbocycles. The number of benzene rings is 1. The molecular formula is C12H14ClNO2. The van der Waals surface area contributed by atoms with Gasteiger partial charge in [-0.2, -0.15) is 0 Å². The van der Waals surface area contributed by atoms with Crippen LogP contribution in [0.1, 0.15) is 18.4 Å². The van der Waals surface area contributed by atoms with Crippen LogP contribution in [-0.2, 0) is 15.1 Å². The van der Waals surface area contributed by atoms with E-state index in [0.717, 1.165) is 17.9 Å². The third-order valence-corrected chi connectivity index (χ3v) is 3.20. The van der Waals surface area contributed by atoms with Crippen molar-refractivity contribution in [2.45, 2.75) is 18.4 Å². The third kappa shape index (κ3) is 2.36. The van der Waals surface area contributed by atoms with Gasteiger partial charge in [-0.05, 0) is 30.5 Å². The molecule has 16 heavy (non-hydrogen) atoms. The predicted molar refractivity (Wildman–Crippen MR) is 62.4 cm³/mol. The van der Waals surface area contributed by atoms with Crippen LogP contribution in [0.15, 0.2) is 24.3 Å². The lowest BCUT2D eigenvalue weighted by atomic mass is 10.1. The molecule has 1 aromatic rings. The van der Waals surface area contributed by atoms with Crippen LogP contribution in [-0.4, -0.2) is 19.6 Å². The number of methoxy groups -OCH3 is 1. The summed E-state index contributed by atoms with van der Waals surface area (Å²) < 4.78 is 4.61. The molecule has 0 radical (unpaired) electrons. The molecule has 0 saturated heterocycles. The molecule has 4 heteroatoms. The zero-order valence-corrected chi connectivity index (χ0v) is 9.88. The van der Waals surface area contributed by atoms with E-state index in [1.165, 1.54) is 12.7 Å². The molecule has 2 rings (SSSR count). The number of carbonyl (C=O) groups is 1. The fraction of sp³-hybridized carbons (Fsp3) is 0.417. The van der Waals surface area contributed by atoms with E-state index in [-0.39, 0.29) is 18.1 Å². The second kappa shape index (κ2) is 4.44. The summed E-state index contributed by atoms with van der Waals surface area (Å²) in [7, 11) is 1.39. The molecule has 3 nitrogen and oxygen atoms in total. The minimum absolute atomic E-state index is 0.0429. The average molecular weight is 240 g/mol. The van der Waals surface area contributed by atoms with Crippen LogP contribution in [0.4, 0.5) is 0 Å². The number of nitrogens with one attached hydrogen (secondary N) is 1. The highest BCUT2D eigenvalue weighted by molar-refractivity contribution is 6.30. The van der Waals surface area contributed by atoms with Crippen molar-refractivity contribution in [2.75, 3.05) is 13.7 Å². The number of hydrogen-bond donors (Lipinski definition) is 1. The van der Waals surface area contributed by atoms with Gasteiger partial charge in [0.25, 0.3) is 0 Å². The summed E-state index contributed by atoms with van der Waals surface area (Å²) in [6.07, 6.45) is 2.09. The summed E-state index contributed by atoms with van der Waals surface area (Å²) in [5.74, 6) is -0.236. The van der Waals surface area contributed by atoms with Crippen molar-refractivity contribution in [3.8, 4) is 0 Å². The molecule has 0 spiro atoms. The van der Waals surface area contributed by atoms with Crippen LogP contribution in [0.5, 0.6) is 0 Å². The fourth-order valence-corrected chi connectivity index (χ4v) is 1.90. The van der Waals surface area contributed by atoms with E-state index in [9.17, 15) is 4.79 Å². The first-order chi connectivity index (χ1) is 7.66. The van der Waals surface area contributed by atoms with Gasteiger partial charge in [0.1, 0.15) is 0 Å². The Balaban J connectivity index is 2.02. The Kier molecular flexibility index (Phi) is 3.17. The molecule has 1 N–H and O–H groups in total. The van der Waals surface area contributed by atoms with Crippen molar-refractivity contribution < 1.29 is 9.53 Å². The Morgan fingerprint density at radius 2 is 2.06 bits per heavy atom. The quantitative estimate of drug-likeness (QED) is 0.818.